The molecule has 0 spiro atoms. The molecule has 1 aromatic heterocycles. The van der Waals surface area contributed by atoms with Crippen LogP contribution < -0.4 is 11.1 Å². The molecular formula is C11H17N3O3. The molecule has 0 saturated carbocycles. The van der Waals surface area contributed by atoms with Crippen LogP contribution in [0.1, 0.15) is 33.9 Å². The van der Waals surface area contributed by atoms with Crippen LogP contribution in [0, 0.1) is 20.8 Å². The van der Waals surface area contributed by atoms with Crippen molar-refractivity contribution in [2.24, 2.45) is 10.9 Å². The van der Waals surface area contributed by atoms with Gasteiger partial charge in [0.25, 0.3) is 5.91 Å². The van der Waals surface area contributed by atoms with Crippen LogP contribution in [0.4, 0.5) is 0 Å². The van der Waals surface area contributed by atoms with Crippen LogP contribution in [0.15, 0.2) is 9.57 Å². The van der Waals surface area contributed by atoms with E-state index in [0.29, 0.717) is 24.3 Å². The predicted octanol–water partition coefficient (Wildman–Crippen LogP) is 1.07. The number of carbonyl (C=O) groups is 1. The SMILES string of the molecule is Cc1oc(C)c(C(=O)NCC/C(N)=N/O)c1C. The van der Waals surface area contributed by atoms with Crippen molar-refractivity contribution in [2.75, 3.05) is 6.54 Å². The smallest absolute Gasteiger partial charge is 0.255 e. The zero-order chi connectivity index (χ0) is 13.0. The lowest BCUT2D eigenvalue weighted by Crippen LogP contribution is -2.28. The summed E-state index contributed by atoms with van der Waals surface area (Å²) in [5.74, 6) is 1.22. The number of oxime groups is 1. The number of rotatable bonds is 4. The molecule has 1 rings (SSSR count). The first kappa shape index (κ1) is 13.1. The van der Waals surface area contributed by atoms with Gasteiger partial charge in [0, 0.05) is 18.5 Å². The van der Waals surface area contributed by atoms with Crippen LogP contribution >= 0.6 is 0 Å². The Morgan fingerprint density at radius 2 is 2.06 bits per heavy atom. The van der Waals surface area contributed by atoms with Crippen LogP contribution in [-0.4, -0.2) is 23.5 Å². The summed E-state index contributed by atoms with van der Waals surface area (Å²) in [6.07, 6.45) is 0.303. The van der Waals surface area contributed by atoms with Crippen molar-refractivity contribution in [2.45, 2.75) is 27.2 Å². The van der Waals surface area contributed by atoms with E-state index in [2.05, 4.69) is 10.5 Å². The Kier molecular flexibility index (Phi) is 4.14. The Morgan fingerprint density at radius 1 is 1.41 bits per heavy atom. The lowest BCUT2D eigenvalue weighted by atomic mass is 10.1. The van der Waals surface area contributed by atoms with Crippen molar-refractivity contribution >= 4 is 11.7 Å². The summed E-state index contributed by atoms with van der Waals surface area (Å²) >= 11 is 0. The van der Waals surface area contributed by atoms with Crippen molar-refractivity contribution in [1.29, 1.82) is 0 Å². The van der Waals surface area contributed by atoms with E-state index >= 15 is 0 Å². The molecule has 1 heterocycles. The molecule has 0 atom stereocenters. The minimum absolute atomic E-state index is 0.0853. The fraction of sp³-hybridized carbons (Fsp3) is 0.455. The van der Waals surface area contributed by atoms with Crippen LogP contribution in [0.3, 0.4) is 0 Å². The Hall–Kier alpha value is -1.98. The van der Waals surface area contributed by atoms with Crippen LogP contribution in [0.5, 0.6) is 0 Å². The minimum Gasteiger partial charge on any atom is -0.466 e. The monoisotopic (exact) mass is 239 g/mol. The van der Waals surface area contributed by atoms with E-state index in [1.165, 1.54) is 0 Å². The van der Waals surface area contributed by atoms with Crippen molar-refractivity contribution in [3.8, 4) is 0 Å². The molecule has 17 heavy (non-hydrogen) atoms. The maximum atomic E-state index is 11.9. The van der Waals surface area contributed by atoms with Gasteiger partial charge in [-0.1, -0.05) is 5.16 Å². The molecule has 6 nitrogen and oxygen atoms in total. The average Bonchev–Trinajstić information content (AvgIpc) is 2.52. The third kappa shape index (κ3) is 2.99. The Balaban J connectivity index is 2.65. The summed E-state index contributed by atoms with van der Waals surface area (Å²) in [6, 6.07) is 0. The number of nitrogens with zero attached hydrogens (tertiary/aromatic N) is 1. The molecule has 0 fully saturated rings. The number of carbonyl (C=O) groups excluding carboxylic acids is 1. The average molecular weight is 239 g/mol. The third-order valence-electron chi connectivity index (χ3n) is 2.58. The van der Waals surface area contributed by atoms with Crippen LogP contribution in [-0.2, 0) is 0 Å². The topological polar surface area (TPSA) is 101 Å². The quantitative estimate of drug-likeness (QED) is 0.316. The molecule has 4 N–H and O–H groups in total. The lowest BCUT2D eigenvalue weighted by molar-refractivity contribution is 0.0952. The number of furan rings is 1. The van der Waals surface area contributed by atoms with E-state index in [1.54, 1.807) is 6.92 Å². The second-order valence-electron chi connectivity index (χ2n) is 3.81. The molecule has 1 amide bonds. The van der Waals surface area contributed by atoms with Gasteiger partial charge in [-0.2, -0.15) is 0 Å². The number of hydrogen-bond donors (Lipinski definition) is 3. The summed E-state index contributed by atoms with van der Waals surface area (Å²) in [5, 5.41) is 13.9. The molecule has 0 radical (unpaired) electrons. The second kappa shape index (κ2) is 5.38. The molecule has 0 bridgehead atoms. The van der Waals surface area contributed by atoms with Gasteiger partial charge in [-0.3, -0.25) is 4.79 Å². The molecule has 6 heteroatoms. The lowest BCUT2D eigenvalue weighted by Gasteiger charge is -2.04. The molecule has 0 aliphatic heterocycles. The highest BCUT2D eigenvalue weighted by atomic mass is 16.4. The van der Waals surface area contributed by atoms with Crippen LogP contribution in [0.25, 0.3) is 0 Å². The molecule has 0 aliphatic rings. The highest BCUT2D eigenvalue weighted by Gasteiger charge is 2.17. The third-order valence-corrected chi connectivity index (χ3v) is 2.58. The highest BCUT2D eigenvalue weighted by Crippen LogP contribution is 2.20. The van der Waals surface area contributed by atoms with Crippen molar-refractivity contribution in [3.05, 3.63) is 22.6 Å². The first-order valence-electron chi connectivity index (χ1n) is 5.28. The maximum absolute atomic E-state index is 11.9. The molecule has 0 aliphatic carbocycles. The van der Waals surface area contributed by atoms with Gasteiger partial charge in [0.05, 0.1) is 5.56 Å². The first-order valence-corrected chi connectivity index (χ1v) is 5.28. The number of nitrogens with one attached hydrogen (secondary N) is 1. The van der Waals surface area contributed by atoms with Crippen LogP contribution in [0.2, 0.25) is 0 Å². The summed E-state index contributed by atoms with van der Waals surface area (Å²) in [5.41, 5.74) is 6.69. The number of amides is 1. The Morgan fingerprint density at radius 3 is 2.53 bits per heavy atom. The summed E-state index contributed by atoms with van der Waals surface area (Å²) in [7, 11) is 0. The number of amidine groups is 1. The molecule has 0 unspecified atom stereocenters. The predicted molar refractivity (Wildman–Crippen MR) is 63.3 cm³/mol. The van der Waals surface area contributed by atoms with Crippen molar-refractivity contribution in [1.82, 2.24) is 5.32 Å². The maximum Gasteiger partial charge on any atom is 0.255 e. The number of nitrogens with two attached hydrogens (primary N) is 1. The zero-order valence-electron chi connectivity index (χ0n) is 10.2. The summed E-state index contributed by atoms with van der Waals surface area (Å²) in [6.45, 7) is 5.72. The van der Waals surface area contributed by atoms with Gasteiger partial charge in [0.15, 0.2) is 0 Å². The Labute approximate surface area is 99.5 Å². The van der Waals surface area contributed by atoms with Gasteiger partial charge < -0.3 is 20.7 Å². The van der Waals surface area contributed by atoms with E-state index in [1.807, 2.05) is 13.8 Å². The van der Waals surface area contributed by atoms with Gasteiger partial charge in [0.1, 0.15) is 17.4 Å². The number of aryl methyl sites for hydroxylation is 2. The van der Waals surface area contributed by atoms with E-state index in [4.69, 9.17) is 15.4 Å². The van der Waals surface area contributed by atoms with Crippen molar-refractivity contribution in [3.63, 3.8) is 0 Å². The minimum atomic E-state index is -0.206. The molecular weight excluding hydrogens is 222 g/mol. The number of hydrogen-bond acceptors (Lipinski definition) is 4. The van der Waals surface area contributed by atoms with E-state index in [0.717, 1.165) is 11.3 Å². The Bertz CT molecular complexity index is 449. The largest absolute Gasteiger partial charge is 0.466 e. The van der Waals surface area contributed by atoms with E-state index in [-0.39, 0.29) is 11.7 Å². The van der Waals surface area contributed by atoms with Gasteiger partial charge in [-0.25, -0.2) is 0 Å². The summed E-state index contributed by atoms with van der Waals surface area (Å²) in [4.78, 5) is 11.9. The van der Waals surface area contributed by atoms with Gasteiger partial charge in [-0.05, 0) is 20.8 Å². The highest BCUT2D eigenvalue weighted by molar-refractivity contribution is 5.97. The van der Waals surface area contributed by atoms with Crippen molar-refractivity contribution < 1.29 is 14.4 Å². The van der Waals surface area contributed by atoms with Gasteiger partial charge in [0.2, 0.25) is 0 Å². The van der Waals surface area contributed by atoms with E-state index in [9.17, 15) is 4.79 Å². The zero-order valence-corrected chi connectivity index (χ0v) is 10.2. The second-order valence-corrected chi connectivity index (χ2v) is 3.81. The normalized spacial score (nSPS) is 11.6. The summed E-state index contributed by atoms with van der Waals surface area (Å²) < 4.78 is 5.37. The standard InChI is InChI=1S/C11H17N3O3/c1-6-7(2)17-8(3)10(6)11(15)13-5-4-9(12)14-16/h16H,4-5H2,1-3H3,(H2,12,14)(H,13,15). The molecule has 1 aromatic rings. The first-order chi connectivity index (χ1) is 7.97. The van der Waals surface area contributed by atoms with Gasteiger partial charge >= 0.3 is 0 Å². The molecule has 0 saturated heterocycles. The molecule has 0 aromatic carbocycles. The van der Waals surface area contributed by atoms with E-state index < -0.39 is 0 Å². The fourth-order valence-electron chi connectivity index (χ4n) is 1.57. The molecule has 94 valence electrons. The van der Waals surface area contributed by atoms with Gasteiger partial charge in [-0.15, -0.1) is 0 Å². The fourth-order valence-corrected chi connectivity index (χ4v) is 1.57.